The van der Waals surface area contributed by atoms with E-state index in [1.807, 2.05) is 0 Å². The highest BCUT2D eigenvalue weighted by molar-refractivity contribution is 5.89. The number of aliphatic hydroxyl groups excluding tert-OH is 3. The lowest BCUT2D eigenvalue weighted by Gasteiger charge is -2.19. The highest BCUT2D eigenvalue weighted by Crippen LogP contribution is 1.88. The van der Waals surface area contributed by atoms with Gasteiger partial charge >= 0.3 is 0 Å². The van der Waals surface area contributed by atoms with E-state index < -0.39 is 43.2 Å². The van der Waals surface area contributed by atoms with Crippen LogP contribution in [0.3, 0.4) is 0 Å². The molecule has 0 aliphatic rings. The molecule has 0 spiro atoms. The molecule has 0 aromatic rings. The molecule has 18 heavy (non-hydrogen) atoms. The summed E-state index contributed by atoms with van der Waals surface area (Å²) in [6.45, 7) is 0.326. The van der Waals surface area contributed by atoms with Crippen molar-refractivity contribution < 1.29 is 24.9 Å². The van der Waals surface area contributed by atoms with Gasteiger partial charge in [0.25, 0.3) is 0 Å². The molecule has 0 radical (unpaired) electrons. The Labute approximate surface area is 104 Å². The zero-order chi connectivity index (χ0) is 14.1. The van der Waals surface area contributed by atoms with Crippen LogP contribution in [0.25, 0.3) is 0 Å². The predicted molar refractivity (Wildman–Crippen MR) is 61.9 cm³/mol. The number of nitrogens with two attached hydrogens (primary N) is 1. The first kappa shape index (κ1) is 16.7. The topological polar surface area (TPSA) is 157 Å². The summed E-state index contributed by atoms with van der Waals surface area (Å²) < 4.78 is 0. The Morgan fingerprint density at radius 2 is 1.72 bits per heavy atom. The van der Waals surface area contributed by atoms with Crippen molar-refractivity contribution in [3.63, 3.8) is 0 Å². The maximum absolute atomic E-state index is 11.5. The van der Waals surface area contributed by atoms with Gasteiger partial charge in [0, 0.05) is 6.54 Å². The van der Waals surface area contributed by atoms with E-state index in [9.17, 15) is 9.59 Å². The quantitative estimate of drug-likeness (QED) is 0.173. The normalized spacial score (nSPS) is 15.6. The average Bonchev–Trinajstić information content (AvgIpc) is 2.34. The van der Waals surface area contributed by atoms with Crippen LogP contribution in [0.1, 0.15) is 6.92 Å². The minimum atomic E-state index is -1.17. The van der Waals surface area contributed by atoms with Crippen LogP contribution in [0, 0.1) is 0 Å². The number of aliphatic hydroxyl groups is 3. The van der Waals surface area contributed by atoms with E-state index in [4.69, 9.17) is 21.2 Å². The maximum Gasteiger partial charge on any atom is 0.245 e. The summed E-state index contributed by atoms with van der Waals surface area (Å²) >= 11 is 0. The molecule has 0 saturated heterocycles. The third-order valence-corrected chi connectivity index (χ3v) is 2.09. The second kappa shape index (κ2) is 8.78. The van der Waals surface area contributed by atoms with Crippen LogP contribution in [0.2, 0.25) is 0 Å². The number of hydrogen-bond acceptors (Lipinski definition) is 7. The van der Waals surface area contributed by atoms with Gasteiger partial charge in [0.2, 0.25) is 11.8 Å². The summed E-state index contributed by atoms with van der Waals surface area (Å²) in [7, 11) is 0. The molecule has 8 N–H and O–H groups in total. The number of nitrogens with one attached hydrogen (secondary N) is 3. The molecule has 0 heterocycles. The molecule has 106 valence electrons. The van der Waals surface area contributed by atoms with E-state index in [0.29, 0.717) is 0 Å². The molecule has 0 rings (SSSR count). The standard InChI is InChI=1S/C9H20N4O5/c1-5(16)2-11-8(17)6(3-14)12-9(18)7(4-15)13-10/h5-7,13-16H,2-4,10H2,1H3,(H,11,17)(H,12,18). The van der Waals surface area contributed by atoms with E-state index in [1.54, 1.807) is 0 Å². The molecule has 3 unspecified atom stereocenters. The second-order valence-electron chi connectivity index (χ2n) is 3.74. The Balaban J connectivity index is 4.32. The Morgan fingerprint density at radius 1 is 1.17 bits per heavy atom. The number of rotatable bonds is 8. The van der Waals surface area contributed by atoms with Gasteiger partial charge in [0.15, 0.2) is 0 Å². The zero-order valence-corrected chi connectivity index (χ0v) is 10.1. The van der Waals surface area contributed by atoms with Crippen LogP contribution < -0.4 is 21.9 Å². The SMILES string of the molecule is CC(O)CNC(=O)C(CO)NC(=O)C(CO)NN. The summed E-state index contributed by atoms with van der Waals surface area (Å²) in [6, 6.07) is -2.23. The number of hydrogen-bond donors (Lipinski definition) is 7. The maximum atomic E-state index is 11.5. The molecule has 0 bridgehead atoms. The van der Waals surface area contributed by atoms with Gasteiger partial charge in [0.1, 0.15) is 12.1 Å². The number of carbonyl (C=O) groups is 2. The van der Waals surface area contributed by atoms with E-state index in [2.05, 4.69) is 16.1 Å². The minimum Gasteiger partial charge on any atom is -0.394 e. The largest absolute Gasteiger partial charge is 0.394 e. The van der Waals surface area contributed by atoms with Crippen molar-refractivity contribution in [1.82, 2.24) is 16.1 Å². The lowest BCUT2D eigenvalue weighted by atomic mass is 10.2. The van der Waals surface area contributed by atoms with Crippen LogP contribution in [0.5, 0.6) is 0 Å². The highest BCUT2D eigenvalue weighted by Gasteiger charge is 2.23. The summed E-state index contributed by atoms with van der Waals surface area (Å²) in [4.78, 5) is 23.0. The van der Waals surface area contributed by atoms with Crippen molar-refractivity contribution in [3.8, 4) is 0 Å². The van der Waals surface area contributed by atoms with Gasteiger partial charge in [0.05, 0.1) is 19.3 Å². The molecular weight excluding hydrogens is 244 g/mol. The molecule has 9 heteroatoms. The third kappa shape index (κ3) is 5.89. The Kier molecular flexibility index (Phi) is 8.16. The molecule has 0 saturated carbocycles. The monoisotopic (exact) mass is 264 g/mol. The third-order valence-electron chi connectivity index (χ3n) is 2.09. The fraction of sp³-hybridized carbons (Fsp3) is 0.778. The molecule has 9 nitrogen and oxygen atoms in total. The van der Waals surface area contributed by atoms with E-state index in [-0.39, 0.29) is 6.54 Å². The average molecular weight is 264 g/mol. The van der Waals surface area contributed by atoms with Crippen LogP contribution in [0.4, 0.5) is 0 Å². The fourth-order valence-electron chi connectivity index (χ4n) is 1.05. The van der Waals surface area contributed by atoms with Crippen LogP contribution in [-0.2, 0) is 9.59 Å². The first-order valence-corrected chi connectivity index (χ1v) is 5.40. The molecule has 0 aliphatic carbocycles. The van der Waals surface area contributed by atoms with E-state index >= 15 is 0 Å². The molecule has 2 amide bonds. The summed E-state index contributed by atoms with van der Waals surface area (Å²) in [5, 5.41) is 31.3. The van der Waals surface area contributed by atoms with Gasteiger partial charge in [-0.15, -0.1) is 0 Å². The van der Waals surface area contributed by atoms with Gasteiger partial charge in [-0.05, 0) is 6.92 Å². The molecule has 0 fully saturated rings. The van der Waals surface area contributed by atoms with Crippen LogP contribution in [0.15, 0.2) is 0 Å². The number of hydrazine groups is 1. The van der Waals surface area contributed by atoms with E-state index in [0.717, 1.165) is 0 Å². The minimum absolute atomic E-state index is 0.00374. The van der Waals surface area contributed by atoms with E-state index in [1.165, 1.54) is 6.92 Å². The number of carbonyl (C=O) groups excluding carboxylic acids is 2. The van der Waals surface area contributed by atoms with Gasteiger partial charge in [-0.2, -0.15) is 0 Å². The summed E-state index contributed by atoms with van der Waals surface area (Å²) in [5.74, 6) is 3.65. The van der Waals surface area contributed by atoms with Crippen molar-refractivity contribution >= 4 is 11.8 Å². The Hall–Kier alpha value is -1.26. The Morgan fingerprint density at radius 3 is 2.11 bits per heavy atom. The molecule has 3 atom stereocenters. The van der Waals surface area contributed by atoms with Crippen molar-refractivity contribution in [3.05, 3.63) is 0 Å². The lowest BCUT2D eigenvalue weighted by Crippen LogP contribution is -2.56. The molecule has 0 aromatic heterocycles. The predicted octanol–water partition coefficient (Wildman–Crippen LogP) is -4.22. The second-order valence-corrected chi connectivity index (χ2v) is 3.74. The van der Waals surface area contributed by atoms with Gasteiger partial charge in [-0.25, -0.2) is 5.43 Å². The summed E-state index contributed by atoms with van der Waals surface area (Å²) in [5.41, 5.74) is 2.05. The lowest BCUT2D eigenvalue weighted by molar-refractivity contribution is -0.131. The highest BCUT2D eigenvalue weighted by atomic mass is 16.3. The van der Waals surface area contributed by atoms with Gasteiger partial charge < -0.3 is 26.0 Å². The molecule has 0 aromatic carbocycles. The first-order valence-electron chi connectivity index (χ1n) is 5.40. The van der Waals surface area contributed by atoms with Crippen LogP contribution in [-0.4, -0.2) is 65.1 Å². The summed E-state index contributed by atoms with van der Waals surface area (Å²) in [6.07, 6.45) is -0.736. The fourth-order valence-corrected chi connectivity index (χ4v) is 1.05. The molecule has 0 aliphatic heterocycles. The number of amides is 2. The van der Waals surface area contributed by atoms with Crippen molar-refractivity contribution in [2.75, 3.05) is 19.8 Å². The first-order chi connectivity index (χ1) is 8.46. The van der Waals surface area contributed by atoms with Crippen molar-refractivity contribution in [2.24, 2.45) is 5.84 Å². The Bertz CT molecular complexity index is 270. The van der Waals surface area contributed by atoms with Crippen LogP contribution >= 0.6 is 0 Å². The molecular formula is C9H20N4O5. The zero-order valence-electron chi connectivity index (χ0n) is 10.1. The smallest absolute Gasteiger partial charge is 0.245 e. The van der Waals surface area contributed by atoms with Crippen molar-refractivity contribution in [2.45, 2.75) is 25.1 Å². The van der Waals surface area contributed by atoms with Crippen molar-refractivity contribution in [1.29, 1.82) is 0 Å². The van der Waals surface area contributed by atoms with Gasteiger partial charge in [-0.3, -0.25) is 15.4 Å². The van der Waals surface area contributed by atoms with Gasteiger partial charge in [-0.1, -0.05) is 0 Å².